The number of aromatic nitrogens is 2. The summed E-state index contributed by atoms with van der Waals surface area (Å²) in [6.45, 7) is 6.40. The predicted octanol–water partition coefficient (Wildman–Crippen LogP) is 1.64. The first-order valence-electron chi connectivity index (χ1n) is 8.46. The molecular weight excluding hydrogens is 304 g/mol. The minimum Gasteiger partial charge on any atom is -0.372 e. The van der Waals surface area contributed by atoms with Gasteiger partial charge in [0.05, 0.1) is 36.3 Å². The highest BCUT2D eigenvalue weighted by molar-refractivity contribution is 5.78. The predicted molar refractivity (Wildman–Crippen MR) is 93.6 cm³/mol. The lowest BCUT2D eigenvalue weighted by Gasteiger charge is -2.36. The smallest absolute Gasteiger partial charge is 0.236 e. The minimum absolute atomic E-state index is 0.0999. The van der Waals surface area contributed by atoms with Crippen LogP contribution in [0.1, 0.15) is 19.7 Å². The number of aryl methyl sites for hydroxylation is 1. The molecule has 1 aromatic heterocycles. The average Bonchev–Trinajstić information content (AvgIpc) is 2.83. The van der Waals surface area contributed by atoms with Gasteiger partial charge in [0.1, 0.15) is 5.82 Å². The molecule has 0 aliphatic carbocycles. The molecule has 1 aromatic carbocycles. The second kappa shape index (κ2) is 6.91. The molecule has 130 valence electrons. The van der Waals surface area contributed by atoms with E-state index >= 15 is 0 Å². The Morgan fingerprint density at radius 3 is 2.62 bits per heavy atom. The summed E-state index contributed by atoms with van der Waals surface area (Å²) >= 11 is 0. The fourth-order valence-electron chi connectivity index (χ4n) is 3.35. The van der Waals surface area contributed by atoms with Crippen molar-refractivity contribution in [1.82, 2.24) is 19.4 Å². The first-order chi connectivity index (χ1) is 11.4. The van der Waals surface area contributed by atoms with Crippen molar-refractivity contribution in [2.45, 2.75) is 32.6 Å². The Bertz CT molecular complexity index is 717. The van der Waals surface area contributed by atoms with Gasteiger partial charge in [0, 0.05) is 20.1 Å². The van der Waals surface area contributed by atoms with Crippen LogP contribution in [0.4, 0.5) is 0 Å². The lowest BCUT2D eigenvalue weighted by Crippen LogP contribution is -2.50. The van der Waals surface area contributed by atoms with Crippen LogP contribution in [0, 0.1) is 0 Å². The van der Waals surface area contributed by atoms with E-state index in [1.807, 2.05) is 55.9 Å². The summed E-state index contributed by atoms with van der Waals surface area (Å²) in [7, 11) is 3.98. The molecule has 1 saturated heterocycles. The molecule has 24 heavy (non-hydrogen) atoms. The van der Waals surface area contributed by atoms with E-state index in [-0.39, 0.29) is 18.1 Å². The number of amides is 1. The molecule has 0 bridgehead atoms. The van der Waals surface area contributed by atoms with Crippen LogP contribution < -0.4 is 0 Å². The van der Waals surface area contributed by atoms with Crippen LogP contribution in [0.15, 0.2) is 24.3 Å². The van der Waals surface area contributed by atoms with E-state index in [0.717, 1.165) is 16.9 Å². The summed E-state index contributed by atoms with van der Waals surface area (Å²) in [4.78, 5) is 21.2. The molecule has 0 N–H and O–H groups in total. The molecular formula is C18H26N4O2. The van der Waals surface area contributed by atoms with Crippen molar-refractivity contribution in [3.8, 4) is 0 Å². The number of carbonyl (C=O) groups excluding carboxylic acids is 1. The molecule has 0 radical (unpaired) electrons. The summed E-state index contributed by atoms with van der Waals surface area (Å²) < 4.78 is 7.79. The molecule has 3 rings (SSSR count). The number of hydrogen-bond donors (Lipinski definition) is 0. The third-order valence-electron chi connectivity index (χ3n) is 4.47. The highest BCUT2D eigenvalue weighted by atomic mass is 16.5. The van der Waals surface area contributed by atoms with E-state index in [2.05, 4.69) is 15.6 Å². The van der Waals surface area contributed by atoms with Crippen LogP contribution in [-0.2, 0) is 23.1 Å². The first kappa shape index (κ1) is 16.9. The summed E-state index contributed by atoms with van der Waals surface area (Å²) in [5.41, 5.74) is 2.11. The molecule has 2 heterocycles. The Hall–Kier alpha value is -1.92. The molecule has 0 saturated carbocycles. The molecule has 2 aromatic rings. The maximum Gasteiger partial charge on any atom is 0.236 e. The maximum atomic E-state index is 12.5. The summed E-state index contributed by atoms with van der Waals surface area (Å²) in [5, 5.41) is 0. The molecule has 0 spiro atoms. The topological polar surface area (TPSA) is 50.6 Å². The van der Waals surface area contributed by atoms with E-state index in [1.54, 1.807) is 0 Å². The fraction of sp³-hybridized carbons (Fsp3) is 0.556. The number of hydrogen-bond acceptors (Lipinski definition) is 4. The van der Waals surface area contributed by atoms with Crippen molar-refractivity contribution in [3.05, 3.63) is 30.1 Å². The average molecular weight is 330 g/mol. The Morgan fingerprint density at radius 2 is 1.96 bits per heavy atom. The third kappa shape index (κ3) is 3.60. The summed E-state index contributed by atoms with van der Waals surface area (Å²) in [6.07, 6.45) is 0.200. The van der Waals surface area contributed by atoms with Crippen LogP contribution in [0.2, 0.25) is 0 Å². The number of imidazole rings is 1. The van der Waals surface area contributed by atoms with Gasteiger partial charge in [-0.3, -0.25) is 9.69 Å². The molecule has 1 amide bonds. The van der Waals surface area contributed by atoms with Gasteiger partial charge in [0.2, 0.25) is 5.91 Å². The monoisotopic (exact) mass is 330 g/mol. The lowest BCUT2D eigenvalue weighted by molar-refractivity contribution is -0.144. The van der Waals surface area contributed by atoms with E-state index in [0.29, 0.717) is 26.2 Å². The normalized spacial score (nSPS) is 21.6. The number of rotatable bonds is 4. The van der Waals surface area contributed by atoms with Gasteiger partial charge in [-0.25, -0.2) is 4.98 Å². The second-order valence-electron chi connectivity index (χ2n) is 6.80. The van der Waals surface area contributed by atoms with Crippen LogP contribution in [-0.4, -0.2) is 64.1 Å². The van der Waals surface area contributed by atoms with Crippen molar-refractivity contribution in [1.29, 1.82) is 0 Å². The SMILES string of the molecule is C[C@@H]1CN(C(=O)CN(C)Cc2nc3ccccc3n2C)C[C@@H](C)O1. The number of morpholine rings is 1. The number of ether oxygens (including phenoxy) is 1. The summed E-state index contributed by atoms with van der Waals surface area (Å²) in [6, 6.07) is 8.09. The first-order valence-corrected chi connectivity index (χ1v) is 8.46. The second-order valence-corrected chi connectivity index (χ2v) is 6.80. The Labute approximate surface area is 143 Å². The molecule has 2 atom stereocenters. The number of fused-ring (bicyclic) bond motifs is 1. The highest BCUT2D eigenvalue weighted by Crippen LogP contribution is 2.16. The largest absolute Gasteiger partial charge is 0.372 e. The standard InChI is InChI=1S/C18H26N4O2/c1-13-9-22(10-14(2)24-13)18(23)12-20(3)11-17-19-15-7-5-6-8-16(15)21(17)4/h5-8,13-14H,9-12H2,1-4H3/t13-,14-/m1/s1. The van der Waals surface area contributed by atoms with Crippen molar-refractivity contribution < 1.29 is 9.53 Å². The number of para-hydroxylation sites is 2. The molecule has 1 aliphatic rings. The van der Waals surface area contributed by atoms with E-state index < -0.39 is 0 Å². The van der Waals surface area contributed by atoms with Crippen LogP contribution in [0.25, 0.3) is 11.0 Å². The molecule has 1 fully saturated rings. The van der Waals surface area contributed by atoms with Crippen molar-refractivity contribution in [2.24, 2.45) is 7.05 Å². The van der Waals surface area contributed by atoms with E-state index in [9.17, 15) is 4.79 Å². The summed E-state index contributed by atoms with van der Waals surface area (Å²) in [5.74, 6) is 1.12. The van der Waals surface area contributed by atoms with Crippen LogP contribution in [0.5, 0.6) is 0 Å². The van der Waals surface area contributed by atoms with Gasteiger partial charge in [0.25, 0.3) is 0 Å². The Morgan fingerprint density at radius 1 is 1.29 bits per heavy atom. The number of likely N-dealkylation sites (N-methyl/N-ethyl adjacent to an activating group) is 1. The Balaban J connectivity index is 1.63. The molecule has 1 aliphatic heterocycles. The zero-order chi connectivity index (χ0) is 17.3. The quantitative estimate of drug-likeness (QED) is 0.855. The van der Waals surface area contributed by atoms with Gasteiger partial charge < -0.3 is 14.2 Å². The van der Waals surface area contributed by atoms with Gasteiger partial charge in [-0.1, -0.05) is 12.1 Å². The molecule has 6 heteroatoms. The zero-order valence-electron chi connectivity index (χ0n) is 14.9. The lowest BCUT2D eigenvalue weighted by atomic mass is 10.2. The van der Waals surface area contributed by atoms with E-state index in [4.69, 9.17) is 4.74 Å². The molecule has 0 unspecified atom stereocenters. The molecule has 6 nitrogen and oxygen atoms in total. The number of nitrogens with zero attached hydrogens (tertiary/aromatic N) is 4. The van der Waals surface area contributed by atoms with Crippen LogP contribution in [0.3, 0.4) is 0 Å². The van der Waals surface area contributed by atoms with Gasteiger partial charge in [-0.15, -0.1) is 0 Å². The van der Waals surface area contributed by atoms with Gasteiger partial charge in [-0.2, -0.15) is 0 Å². The minimum atomic E-state index is 0.0999. The number of benzene rings is 1. The van der Waals surface area contributed by atoms with Crippen molar-refractivity contribution in [3.63, 3.8) is 0 Å². The van der Waals surface area contributed by atoms with Crippen molar-refractivity contribution >= 4 is 16.9 Å². The van der Waals surface area contributed by atoms with Gasteiger partial charge >= 0.3 is 0 Å². The van der Waals surface area contributed by atoms with Crippen LogP contribution >= 0.6 is 0 Å². The van der Waals surface area contributed by atoms with Gasteiger partial charge in [-0.05, 0) is 33.0 Å². The zero-order valence-corrected chi connectivity index (χ0v) is 14.9. The highest BCUT2D eigenvalue weighted by Gasteiger charge is 2.26. The van der Waals surface area contributed by atoms with E-state index in [1.165, 1.54) is 0 Å². The van der Waals surface area contributed by atoms with Gasteiger partial charge in [0.15, 0.2) is 0 Å². The van der Waals surface area contributed by atoms with Crippen molar-refractivity contribution in [2.75, 3.05) is 26.7 Å². The fourth-order valence-corrected chi connectivity index (χ4v) is 3.35. The number of carbonyl (C=O) groups is 1. The Kier molecular flexibility index (Phi) is 4.87. The third-order valence-corrected chi connectivity index (χ3v) is 4.47. The maximum absolute atomic E-state index is 12.5.